The Hall–Kier alpha value is -0.650. The molecule has 0 fully saturated rings. The SMILES string of the molecule is CCCCCCCCCCCCCCCCCCCCCCCCCCCCCCCC(O)CC(=O)NC(CO)C(O)CCCCCCCCCCCCCCC. The first kappa shape index (κ1) is 56.4. The van der Waals surface area contributed by atoms with Gasteiger partial charge in [0.1, 0.15) is 0 Å². The monoisotopic (exact) mass is 808 g/mol. The van der Waals surface area contributed by atoms with E-state index in [1.165, 1.54) is 244 Å². The first-order valence-electron chi connectivity index (χ1n) is 26.3. The maximum Gasteiger partial charge on any atom is 0.222 e. The van der Waals surface area contributed by atoms with Crippen LogP contribution in [0.1, 0.15) is 303 Å². The highest BCUT2D eigenvalue weighted by atomic mass is 16.3. The van der Waals surface area contributed by atoms with Crippen LogP contribution in [0.25, 0.3) is 0 Å². The summed E-state index contributed by atoms with van der Waals surface area (Å²) in [6, 6.07) is -0.652. The molecule has 0 aliphatic heterocycles. The van der Waals surface area contributed by atoms with E-state index < -0.39 is 18.2 Å². The number of rotatable bonds is 49. The third-order valence-electron chi connectivity index (χ3n) is 12.7. The molecule has 0 bridgehead atoms. The van der Waals surface area contributed by atoms with Gasteiger partial charge < -0.3 is 20.6 Å². The van der Waals surface area contributed by atoms with Gasteiger partial charge in [-0.1, -0.05) is 284 Å². The van der Waals surface area contributed by atoms with Crippen molar-refractivity contribution in [3.8, 4) is 0 Å². The van der Waals surface area contributed by atoms with E-state index in [0.717, 1.165) is 25.7 Å². The molecular formula is C52H105NO4. The molecule has 0 aliphatic carbocycles. The molecule has 0 aromatic rings. The van der Waals surface area contributed by atoms with Crippen LogP contribution in [0.4, 0.5) is 0 Å². The molecule has 0 spiro atoms. The highest BCUT2D eigenvalue weighted by Gasteiger charge is 2.21. The standard InChI is InChI=1S/C52H105NO4/c1-3-5-7-9-11-13-15-17-18-19-20-21-22-23-24-25-26-27-28-29-30-31-32-34-35-37-39-41-43-45-49(55)47-52(57)53-50(48-54)51(56)46-44-42-40-38-36-33-16-14-12-10-8-6-4-2/h49-51,54-56H,3-48H2,1-2H3,(H,53,57). The number of hydrogen-bond acceptors (Lipinski definition) is 4. The Bertz CT molecular complexity index is 762. The largest absolute Gasteiger partial charge is 0.394 e. The van der Waals surface area contributed by atoms with E-state index in [0.29, 0.717) is 12.8 Å². The van der Waals surface area contributed by atoms with E-state index in [9.17, 15) is 20.1 Å². The Kier molecular flexibility index (Phi) is 47.5. The number of unbranched alkanes of at least 4 members (excludes halogenated alkanes) is 40. The van der Waals surface area contributed by atoms with Crippen molar-refractivity contribution in [3.05, 3.63) is 0 Å². The van der Waals surface area contributed by atoms with Gasteiger partial charge in [-0.05, 0) is 12.8 Å². The molecule has 5 heteroatoms. The van der Waals surface area contributed by atoms with Crippen LogP contribution in [-0.4, -0.2) is 46.1 Å². The number of amides is 1. The van der Waals surface area contributed by atoms with Crippen LogP contribution in [0.5, 0.6) is 0 Å². The number of hydrogen-bond donors (Lipinski definition) is 4. The highest BCUT2D eigenvalue weighted by molar-refractivity contribution is 5.76. The quantitative estimate of drug-likeness (QED) is 0.0461. The maximum atomic E-state index is 12.5. The predicted octanol–water partition coefficient (Wildman–Crippen LogP) is 15.8. The smallest absolute Gasteiger partial charge is 0.222 e. The summed E-state index contributed by atoms with van der Waals surface area (Å²) in [4.78, 5) is 12.5. The lowest BCUT2D eigenvalue weighted by molar-refractivity contribution is -0.125. The number of aliphatic hydroxyl groups is 3. The van der Waals surface area contributed by atoms with Gasteiger partial charge in [0.2, 0.25) is 5.91 Å². The Morgan fingerprint density at radius 2 is 0.596 bits per heavy atom. The van der Waals surface area contributed by atoms with Crippen LogP contribution >= 0.6 is 0 Å². The van der Waals surface area contributed by atoms with Gasteiger partial charge >= 0.3 is 0 Å². The van der Waals surface area contributed by atoms with Gasteiger partial charge in [-0.15, -0.1) is 0 Å². The molecule has 0 aromatic carbocycles. The van der Waals surface area contributed by atoms with Crippen LogP contribution in [0, 0.1) is 0 Å². The second-order valence-electron chi connectivity index (χ2n) is 18.5. The van der Waals surface area contributed by atoms with Crippen molar-refractivity contribution in [2.24, 2.45) is 0 Å². The molecule has 3 atom stereocenters. The average molecular weight is 808 g/mol. The normalized spacial score (nSPS) is 13.3. The average Bonchev–Trinajstić information content (AvgIpc) is 3.20. The number of aliphatic hydroxyl groups excluding tert-OH is 3. The van der Waals surface area contributed by atoms with E-state index in [1.807, 2.05) is 0 Å². The lowest BCUT2D eigenvalue weighted by atomic mass is 10.0. The van der Waals surface area contributed by atoms with Crippen molar-refractivity contribution in [2.45, 2.75) is 321 Å². The Labute approximate surface area is 357 Å². The molecule has 342 valence electrons. The molecule has 3 unspecified atom stereocenters. The Morgan fingerprint density at radius 1 is 0.368 bits per heavy atom. The molecule has 0 saturated heterocycles. The number of carbonyl (C=O) groups excluding carboxylic acids is 1. The fourth-order valence-corrected chi connectivity index (χ4v) is 8.64. The minimum Gasteiger partial charge on any atom is -0.394 e. The highest BCUT2D eigenvalue weighted by Crippen LogP contribution is 2.18. The Morgan fingerprint density at radius 3 is 0.842 bits per heavy atom. The summed E-state index contributed by atoms with van der Waals surface area (Å²) in [5, 5.41) is 33.5. The third-order valence-corrected chi connectivity index (χ3v) is 12.7. The summed E-state index contributed by atoms with van der Waals surface area (Å²) in [6.07, 6.45) is 56.8. The van der Waals surface area contributed by atoms with E-state index >= 15 is 0 Å². The van der Waals surface area contributed by atoms with Crippen LogP contribution in [0.3, 0.4) is 0 Å². The van der Waals surface area contributed by atoms with Gasteiger partial charge in [0.05, 0.1) is 31.3 Å². The van der Waals surface area contributed by atoms with Gasteiger partial charge in [0.15, 0.2) is 0 Å². The van der Waals surface area contributed by atoms with E-state index in [-0.39, 0.29) is 18.9 Å². The predicted molar refractivity (Wildman–Crippen MR) is 250 cm³/mol. The topological polar surface area (TPSA) is 89.8 Å². The summed E-state index contributed by atoms with van der Waals surface area (Å²) in [5.41, 5.74) is 0. The molecule has 57 heavy (non-hydrogen) atoms. The lowest BCUT2D eigenvalue weighted by Crippen LogP contribution is -2.46. The van der Waals surface area contributed by atoms with Gasteiger partial charge in [-0.25, -0.2) is 0 Å². The second kappa shape index (κ2) is 48.0. The summed E-state index contributed by atoms with van der Waals surface area (Å²) < 4.78 is 0. The van der Waals surface area contributed by atoms with Crippen LogP contribution in [0.15, 0.2) is 0 Å². The van der Waals surface area contributed by atoms with Gasteiger partial charge in [0, 0.05) is 0 Å². The van der Waals surface area contributed by atoms with Crippen molar-refractivity contribution in [2.75, 3.05) is 6.61 Å². The summed E-state index contributed by atoms with van der Waals surface area (Å²) in [7, 11) is 0. The van der Waals surface area contributed by atoms with Crippen molar-refractivity contribution in [3.63, 3.8) is 0 Å². The molecule has 0 rings (SSSR count). The van der Waals surface area contributed by atoms with Gasteiger partial charge in [0.25, 0.3) is 0 Å². The first-order valence-corrected chi connectivity index (χ1v) is 26.3. The second-order valence-corrected chi connectivity index (χ2v) is 18.5. The molecule has 0 saturated carbocycles. The molecule has 0 aromatic heterocycles. The van der Waals surface area contributed by atoms with Crippen molar-refractivity contribution >= 4 is 5.91 Å². The molecule has 0 heterocycles. The van der Waals surface area contributed by atoms with Gasteiger partial charge in [-0.2, -0.15) is 0 Å². The zero-order chi connectivity index (χ0) is 41.5. The van der Waals surface area contributed by atoms with Crippen LogP contribution in [-0.2, 0) is 4.79 Å². The lowest BCUT2D eigenvalue weighted by Gasteiger charge is -2.23. The summed E-state index contributed by atoms with van der Waals surface area (Å²) in [5.74, 6) is -0.277. The maximum absolute atomic E-state index is 12.5. The minimum absolute atomic E-state index is 0.0432. The Balaban J connectivity index is 3.45. The van der Waals surface area contributed by atoms with Crippen LogP contribution in [0.2, 0.25) is 0 Å². The number of nitrogens with one attached hydrogen (secondary N) is 1. The zero-order valence-corrected chi connectivity index (χ0v) is 39.0. The molecule has 5 nitrogen and oxygen atoms in total. The van der Waals surface area contributed by atoms with Crippen LogP contribution < -0.4 is 5.32 Å². The molecule has 0 aliphatic rings. The molecular weight excluding hydrogens is 703 g/mol. The molecule has 4 N–H and O–H groups in total. The first-order chi connectivity index (χ1) is 28.0. The zero-order valence-electron chi connectivity index (χ0n) is 39.0. The van der Waals surface area contributed by atoms with E-state index in [1.54, 1.807) is 0 Å². The molecule has 0 radical (unpaired) electrons. The summed E-state index contributed by atoms with van der Waals surface area (Å²) in [6.45, 7) is 4.29. The van der Waals surface area contributed by atoms with E-state index in [2.05, 4.69) is 19.2 Å². The van der Waals surface area contributed by atoms with Crippen molar-refractivity contribution < 1.29 is 20.1 Å². The summed E-state index contributed by atoms with van der Waals surface area (Å²) >= 11 is 0. The van der Waals surface area contributed by atoms with Crippen molar-refractivity contribution in [1.29, 1.82) is 0 Å². The fourth-order valence-electron chi connectivity index (χ4n) is 8.64. The minimum atomic E-state index is -0.743. The molecule has 1 amide bonds. The van der Waals surface area contributed by atoms with Gasteiger partial charge in [-0.3, -0.25) is 4.79 Å². The van der Waals surface area contributed by atoms with E-state index in [4.69, 9.17) is 0 Å². The number of carbonyl (C=O) groups is 1. The third kappa shape index (κ3) is 44.7. The van der Waals surface area contributed by atoms with Crippen molar-refractivity contribution in [1.82, 2.24) is 5.32 Å². The fraction of sp³-hybridized carbons (Fsp3) is 0.981.